The summed E-state index contributed by atoms with van der Waals surface area (Å²) in [4.78, 5) is 2.50. The van der Waals surface area contributed by atoms with Crippen LogP contribution >= 0.6 is 0 Å². The molecule has 1 rings (SSSR count). The average Bonchev–Trinajstić information content (AvgIpc) is 2.48. The van der Waals surface area contributed by atoms with Crippen LogP contribution < -0.4 is 10.5 Å². The van der Waals surface area contributed by atoms with E-state index in [9.17, 15) is 0 Å². The number of hydrogen-bond acceptors (Lipinski definition) is 3. The van der Waals surface area contributed by atoms with Gasteiger partial charge in [0.25, 0.3) is 0 Å². The first-order valence-corrected chi connectivity index (χ1v) is 8.25. The lowest BCUT2D eigenvalue weighted by molar-refractivity contribution is 0.199. The van der Waals surface area contributed by atoms with Crippen molar-refractivity contribution < 1.29 is 4.74 Å². The van der Waals surface area contributed by atoms with E-state index in [0.717, 1.165) is 38.2 Å². The van der Waals surface area contributed by atoms with Gasteiger partial charge in [-0.3, -0.25) is 0 Å². The lowest BCUT2D eigenvalue weighted by atomic mass is 9.85. The molecule has 3 heteroatoms. The molecule has 0 bridgehead atoms. The third kappa shape index (κ3) is 5.33. The first-order valence-electron chi connectivity index (χ1n) is 8.25. The highest BCUT2D eigenvalue weighted by atomic mass is 16.5. The Labute approximate surface area is 130 Å². The molecule has 1 atom stereocenters. The summed E-state index contributed by atoms with van der Waals surface area (Å²) in [6.45, 7) is 9.79. The second kappa shape index (κ2) is 9.06. The molecule has 0 amide bonds. The van der Waals surface area contributed by atoms with E-state index in [-0.39, 0.29) is 5.54 Å². The van der Waals surface area contributed by atoms with Gasteiger partial charge in [-0.1, -0.05) is 39.3 Å². The summed E-state index contributed by atoms with van der Waals surface area (Å²) in [6, 6.07) is 8.24. The van der Waals surface area contributed by atoms with E-state index >= 15 is 0 Å². The molecular formula is C18H32N2O. The van der Waals surface area contributed by atoms with Crippen LogP contribution in [-0.4, -0.2) is 31.6 Å². The number of ether oxygens (including phenoxy) is 1. The first kappa shape index (κ1) is 18.0. The highest BCUT2D eigenvalue weighted by Gasteiger charge is 2.29. The van der Waals surface area contributed by atoms with E-state index in [0.29, 0.717) is 0 Å². The van der Waals surface area contributed by atoms with Crippen molar-refractivity contribution in [3.63, 3.8) is 0 Å². The predicted molar refractivity (Wildman–Crippen MR) is 90.8 cm³/mol. The van der Waals surface area contributed by atoms with Gasteiger partial charge in [-0.25, -0.2) is 0 Å². The van der Waals surface area contributed by atoms with Gasteiger partial charge in [-0.15, -0.1) is 0 Å². The van der Waals surface area contributed by atoms with Crippen LogP contribution in [0.2, 0.25) is 0 Å². The number of methoxy groups -OCH3 is 1. The number of hydrogen-bond donors (Lipinski definition) is 1. The fraction of sp³-hybridized carbons (Fsp3) is 0.667. The average molecular weight is 292 g/mol. The molecule has 0 aliphatic heterocycles. The standard InChI is InChI=1S/C18H32N2O/c1-5-11-18(19,15-20(12-6-2)13-7-3)16-9-8-10-17(14-16)21-4/h8-10,14H,5-7,11-13,15,19H2,1-4H3. The quantitative estimate of drug-likeness (QED) is 0.713. The summed E-state index contributed by atoms with van der Waals surface area (Å²) in [7, 11) is 1.71. The molecule has 0 aliphatic rings. The molecule has 0 saturated carbocycles. The Morgan fingerprint density at radius 2 is 1.76 bits per heavy atom. The lowest BCUT2D eigenvalue weighted by Gasteiger charge is -2.36. The number of nitrogens with zero attached hydrogens (tertiary/aromatic N) is 1. The van der Waals surface area contributed by atoms with Crippen LogP contribution in [0.5, 0.6) is 5.75 Å². The van der Waals surface area contributed by atoms with Crippen molar-refractivity contribution in [1.82, 2.24) is 4.90 Å². The third-order valence-corrected chi connectivity index (χ3v) is 3.93. The van der Waals surface area contributed by atoms with Gasteiger partial charge in [0, 0.05) is 6.54 Å². The van der Waals surface area contributed by atoms with Crippen molar-refractivity contribution >= 4 is 0 Å². The predicted octanol–water partition coefficient (Wildman–Crippen LogP) is 3.77. The van der Waals surface area contributed by atoms with E-state index in [1.165, 1.54) is 18.4 Å². The lowest BCUT2D eigenvalue weighted by Crippen LogP contribution is -2.48. The summed E-state index contributed by atoms with van der Waals surface area (Å²) < 4.78 is 5.36. The topological polar surface area (TPSA) is 38.5 Å². The number of benzene rings is 1. The highest BCUT2D eigenvalue weighted by molar-refractivity contribution is 5.33. The zero-order valence-electron chi connectivity index (χ0n) is 14.2. The van der Waals surface area contributed by atoms with Crippen molar-refractivity contribution in [3.8, 4) is 5.75 Å². The van der Waals surface area contributed by atoms with E-state index in [1.54, 1.807) is 7.11 Å². The molecule has 0 saturated heterocycles. The molecule has 120 valence electrons. The van der Waals surface area contributed by atoms with Crippen LogP contribution in [0.15, 0.2) is 24.3 Å². The van der Waals surface area contributed by atoms with Gasteiger partial charge < -0.3 is 15.4 Å². The summed E-state index contributed by atoms with van der Waals surface area (Å²) in [5.74, 6) is 0.885. The van der Waals surface area contributed by atoms with E-state index < -0.39 is 0 Å². The number of nitrogens with two attached hydrogens (primary N) is 1. The minimum atomic E-state index is -0.298. The Morgan fingerprint density at radius 3 is 2.29 bits per heavy atom. The third-order valence-electron chi connectivity index (χ3n) is 3.93. The molecule has 1 aromatic rings. The van der Waals surface area contributed by atoms with Gasteiger partial charge >= 0.3 is 0 Å². The SMILES string of the molecule is CCCN(CCC)CC(N)(CCC)c1cccc(OC)c1. The molecule has 3 nitrogen and oxygen atoms in total. The van der Waals surface area contributed by atoms with Gasteiger partial charge in [0.2, 0.25) is 0 Å². The van der Waals surface area contributed by atoms with Crippen molar-refractivity contribution in [3.05, 3.63) is 29.8 Å². The second-order valence-electron chi connectivity index (χ2n) is 5.91. The zero-order chi connectivity index (χ0) is 15.7. The molecule has 0 spiro atoms. The van der Waals surface area contributed by atoms with Gasteiger partial charge in [-0.05, 0) is 50.0 Å². The highest BCUT2D eigenvalue weighted by Crippen LogP contribution is 2.28. The Bertz CT molecular complexity index is 402. The monoisotopic (exact) mass is 292 g/mol. The molecule has 0 heterocycles. The van der Waals surface area contributed by atoms with E-state index in [2.05, 4.69) is 37.8 Å². The molecule has 0 aromatic heterocycles. The first-order chi connectivity index (χ1) is 10.1. The van der Waals surface area contributed by atoms with Gasteiger partial charge in [0.05, 0.1) is 12.6 Å². The van der Waals surface area contributed by atoms with E-state index in [4.69, 9.17) is 10.5 Å². The summed E-state index contributed by atoms with van der Waals surface area (Å²) in [5.41, 5.74) is 7.70. The van der Waals surface area contributed by atoms with Crippen LogP contribution in [0.4, 0.5) is 0 Å². The van der Waals surface area contributed by atoms with E-state index in [1.807, 2.05) is 12.1 Å². The Hall–Kier alpha value is -1.06. The summed E-state index contributed by atoms with van der Waals surface area (Å²) in [5, 5.41) is 0. The molecule has 1 unspecified atom stereocenters. The van der Waals surface area contributed by atoms with Crippen molar-refractivity contribution in [2.45, 2.75) is 52.0 Å². The Balaban J connectivity index is 2.99. The van der Waals surface area contributed by atoms with Gasteiger partial charge in [0.1, 0.15) is 5.75 Å². The fourth-order valence-electron chi connectivity index (χ4n) is 2.99. The maximum atomic E-state index is 6.82. The molecular weight excluding hydrogens is 260 g/mol. The Kier molecular flexibility index (Phi) is 7.76. The van der Waals surface area contributed by atoms with Crippen LogP contribution in [0.25, 0.3) is 0 Å². The van der Waals surface area contributed by atoms with Crippen LogP contribution in [0.1, 0.15) is 52.0 Å². The van der Waals surface area contributed by atoms with Crippen molar-refractivity contribution in [1.29, 1.82) is 0 Å². The summed E-state index contributed by atoms with van der Waals surface area (Å²) >= 11 is 0. The molecule has 0 aliphatic carbocycles. The molecule has 1 aromatic carbocycles. The maximum absolute atomic E-state index is 6.82. The minimum absolute atomic E-state index is 0.298. The van der Waals surface area contributed by atoms with Gasteiger partial charge in [-0.2, -0.15) is 0 Å². The molecule has 21 heavy (non-hydrogen) atoms. The molecule has 2 N–H and O–H groups in total. The largest absolute Gasteiger partial charge is 0.497 e. The van der Waals surface area contributed by atoms with Crippen LogP contribution in [0, 0.1) is 0 Å². The van der Waals surface area contributed by atoms with Gasteiger partial charge in [0.15, 0.2) is 0 Å². The fourth-order valence-corrected chi connectivity index (χ4v) is 2.99. The smallest absolute Gasteiger partial charge is 0.119 e. The van der Waals surface area contributed by atoms with Crippen molar-refractivity contribution in [2.75, 3.05) is 26.7 Å². The minimum Gasteiger partial charge on any atom is -0.497 e. The molecule has 0 radical (unpaired) electrons. The zero-order valence-corrected chi connectivity index (χ0v) is 14.2. The second-order valence-corrected chi connectivity index (χ2v) is 5.91. The number of rotatable bonds is 10. The Morgan fingerprint density at radius 1 is 1.10 bits per heavy atom. The maximum Gasteiger partial charge on any atom is 0.119 e. The van der Waals surface area contributed by atoms with Crippen LogP contribution in [-0.2, 0) is 5.54 Å². The normalized spacial score (nSPS) is 14.2. The van der Waals surface area contributed by atoms with Crippen molar-refractivity contribution in [2.24, 2.45) is 5.73 Å². The summed E-state index contributed by atoms with van der Waals surface area (Å²) in [6.07, 6.45) is 4.41. The van der Waals surface area contributed by atoms with Crippen LogP contribution in [0.3, 0.4) is 0 Å². The molecule has 0 fully saturated rings.